The first-order chi connectivity index (χ1) is 15.4. The summed E-state index contributed by atoms with van der Waals surface area (Å²) in [6.07, 6.45) is -9.37. The number of carbonyl (C=O) groups is 1. The minimum Gasteiger partial charge on any atom is -0.489 e. The Hall–Kier alpha value is -3.21. The van der Waals surface area contributed by atoms with E-state index in [9.17, 15) is 31.1 Å². The van der Waals surface area contributed by atoms with Gasteiger partial charge in [-0.05, 0) is 48.9 Å². The number of aliphatic carboxylic acids is 1. The molecule has 1 atom stereocenters. The second-order valence-electron chi connectivity index (χ2n) is 7.74. The molecule has 1 aliphatic heterocycles. The second kappa shape index (κ2) is 8.29. The standard InChI is InChI=1S/C22H18F6N2O3/c23-21(24,25)12-2-1-11(16(7-12)22(26,27)28)10-33-13-3-4-17-15(8-13)14-5-6-29-18(9-19(31)32)20(14)30-17/h1-4,7-8,18,29-30H,5-6,9-10H2,(H,31,32). The number of carboxylic acids is 1. The predicted octanol–water partition coefficient (Wildman–Crippen LogP) is 5.45. The lowest BCUT2D eigenvalue weighted by Crippen LogP contribution is -2.31. The fourth-order valence-corrected chi connectivity index (χ4v) is 4.03. The van der Waals surface area contributed by atoms with Gasteiger partial charge in [0.1, 0.15) is 12.4 Å². The molecule has 4 rings (SSSR count). The Balaban J connectivity index is 1.61. The minimum absolute atomic E-state index is 0.0833. The van der Waals surface area contributed by atoms with E-state index in [-0.39, 0.29) is 18.2 Å². The fourth-order valence-electron chi connectivity index (χ4n) is 4.03. The van der Waals surface area contributed by atoms with E-state index in [1.165, 1.54) is 6.07 Å². The highest BCUT2D eigenvalue weighted by Crippen LogP contribution is 2.38. The Morgan fingerprint density at radius 3 is 2.48 bits per heavy atom. The van der Waals surface area contributed by atoms with Gasteiger partial charge in [-0.15, -0.1) is 0 Å². The predicted molar refractivity (Wildman–Crippen MR) is 106 cm³/mol. The number of aromatic amines is 1. The smallest absolute Gasteiger partial charge is 0.416 e. The van der Waals surface area contributed by atoms with Crippen LogP contribution in [0, 0.1) is 0 Å². The summed E-state index contributed by atoms with van der Waals surface area (Å²) in [5, 5.41) is 13.0. The van der Waals surface area contributed by atoms with Gasteiger partial charge in [-0.25, -0.2) is 0 Å². The van der Waals surface area contributed by atoms with E-state index < -0.39 is 47.7 Å². The number of hydrogen-bond acceptors (Lipinski definition) is 3. The Bertz CT molecular complexity index is 1200. The molecule has 0 saturated heterocycles. The molecule has 1 aromatic heterocycles. The Morgan fingerprint density at radius 1 is 1.06 bits per heavy atom. The molecule has 0 spiro atoms. The maximum absolute atomic E-state index is 13.3. The van der Waals surface area contributed by atoms with E-state index in [2.05, 4.69) is 10.3 Å². The molecule has 0 bridgehead atoms. The summed E-state index contributed by atoms with van der Waals surface area (Å²) in [6, 6.07) is 5.87. The van der Waals surface area contributed by atoms with Crippen LogP contribution in [0.25, 0.3) is 10.9 Å². The number of alkyl halides is 6. The van der Waals surface area contributed by atoms with Crippen molar-refractivity contribution in [2.45, 2.75) is 37.8 Å². The first-order valence-electron chi connectivity index (χ1n) is 9.93. The highest BCUT2D eigenvalue weighted by molar-refractivity contribution is 5.86. The Kier molecular flexibility index (Phi) is 5.77. The summed E-state index contributed by atoms with van der Waals surface area (Å²) in [5.41, 5.74) is -0.860. The van der Waals surface area contributed by atoms with Gasteiger partial charge in [0.05, 0.1) is 23.6 Å². The zero-order chi connectivity index (χ0) is 24.0. The van der Waals surface area contributed by atoms with Crippen molar-refractivity contribution in [3.05, 3.63) is 64.3 Å². The highest BCUT2D eigenvalue weighted by Gasteiger charge is 2.38. The van der Waals surface area contributed by atoms with Crippen LogP contribution in [-0.2, 0) is 30.2 Å². The number of halogens is 6. The number of hydrogen-bond donors (Lipinski definition) is 3. The van der Waals surface area contributed by atoms with Crippen LogP contribution in [0.4, 0.5) is 26.3 Å². The third-order valence-electron chi connectivity index (χ3n) is 5.54. The van der Waals surface area contributed by atoms with Crippen LogP contribution >= 0.6 is 0 Å². The van der Waals surface area contributed by atoms with Crippen LogP contribution in [0.2, 0.25) is 0 Å². The number of rotatable bonds is 5. The molecule has 2 aromatic carbocycles. The van der Waals surface area contributed by atoms with Gasteiger partial charge in [-0.2, -0.15) is 26.3 Å². The molecule has 33 heavy (non-hydrogen) atoms. The topological polar surface area (TPSA) is 74.4 Å². The first-order valence-corrected chi connectivity index (χ1v) is 9.93. The molecular weight excluding hydrogens is 454 g/mol. The summed E-state index contributed by atoms with van der Waals surface area (Å²) in [6.45, 7) is -0.0161. The molecule has 0 amide bonds. The maximum Gasteiger partial charge on any atom is 0.416 e. The number of ether oxygens (including phenoxy) is 1. The molecule has 11 heteroatoms. The van der Waals surface area contributed by atoms with Crippen molar-refractivity contribution in [3.63, 3.8) is 0 Å². The molecule has 2 heterocycles. The molecule has 0 fully saturated rings. The van der Waals surface area contributed by atoms with Gasteiger partial charge in [0.2, 0.25) is 0 Å². The Morgan fingerprint density at radius 2 is 1.82 bits per heavy atom. The fraction of sp³-hybridized carbons (Fsp3) is 0.318. The van der Waals surface area contributed by atoms with E-state index >= 15 is 0 Å². The summed E-state index contributed by atoms with van der Waals surface area (Å²) >= 11 is 0. The normalized spacial score (nSPS) is 16.6. The largest absolute Gasteiger partial charge is 0.489 e. The quantitative estimate of drug-likeness (QED) is 0.432. The SMILES string of the molecule is O=C(O)CC1NCCc2c1[nH]c1ccc(OCc3ccc(C(F)(F)F)cc3C(F)(F)F)cc21. The van der Waals surface area contributed by atoms with Gasteiger partial charge in [-0.3, -0.25) is 4.79 Å². The van der Waals surface area contributed by atoms with Gasteiger partial charge in [-0.1, -0.05) is 6.07 Å². The number of aromatic nitrogens is 1. The van der Waals surface area contributed by atoms with Gasteiger partial charge >= 0.3 is 18.3 Å². The van der Waals surface area contributed by atoms with Crippen molar-refractivity contribution < 1.29 is 41.0 Å². The molecule has 3 N–H and O–H groups in total. The lowest BCUT2D eigenvalue weighted by Gasteiger charge is -2.22. The van der Waals surface area contributed by atoms with Crippen LogP contribution in [0.1, 0.15) is 40.4 Å². The first kappa shape index (κ1) is 23.0. The molecule has 1 aliphatic rings. The third kappa shape index (κ3) is 4.77. The van der Waals surface area contributed by atoms with Crippen molar-refractivity contribution in [2.24, 2.45) is 0 Å². The van der Waals surface area contributed by atoms with Gasteiger partial charge in [0, 0.05) is 22.2 Å². The summed E-state index contributed by atoms with van der Waals surface area (Å²) in [7, 11) is 0. The van der Waals surface area contributed by atoms with Gasteiger partial charge in [0.15, 0.2) is 0 Å². The van der Waals surface area contributed by atoms with Crippen molar-refractivity contribution in [1.29, 1.82) is 0 Å². The molecule has 3 aromatic rings. The van der Waals surface area contributed by atoms with Gasteiger partial charge in [0.25, 0.3) is 0 Å². The average Bonchev–Trinajstić information content (AvgIpc) is 3.09. The molecule has 0 aliphatic carbocycles. The number of benzene rings is 2. The monoisotopic (exact) mass is 472 g/mol. The maximum atomic E-state index is 13.3. The summed E-state index contributed by atoms with van der Waals surface area (Å²) in [5.74, 6) is -0.717. The van der Waals surface area contributed by atoms with Crippen LogP contribution < -0.4 is 10.1 Å². The molecule has 5 nitrogen and oxygen atoms in total. The lowest BCUT2D eigenvalue weighted by atomic mass is 9.97. The van der Waals surface area contributed by atoms with Crippen LogP contribution in [0.3, 0.4) is 0 Å². The number of H-pyrrole nitrogens is 1. The van der Waals surface area contributed by atoms with Crippen LogP contribution in [0.15, 0.2) is 36.4 Å². The molecule has 176 valence electrons. The summed E-state index contributed by atoms with van der Waals surface area (Å²) < 4.78 is 84.1. The van der Waals surface area contributed by atoms with Crippen molar-refractivity contribution >= 4 is 16.9 Å². The van der Waals surface area contributed by atoms with E-state index in [0.29, 0.717) is 19.0 Å². The summed E-state index contributed by atoms with van der Waals surface area (Å²) in [4.78, 5) is 14.3. The lowest BCUT2D eigenvalue weighted by molar-refractivity contribution is -0.144. The second-order valence-corrected chi connectivity index (χ2v) is 7.74. The molecule has 1 unspecified atom stereocenters. The van der Waals surface area contributed by atoms with Gasteiger partial charge < -0.3 is 20.1 Å². The molecular formula is C22H18F6N2O3. The number of nitrogens with one attached hydrogen (secondary N) is 2. The zero-order valence-corrected chi connectivity index (χ0v) is 16.9. The highest BCUT2D eigenvalue weighted by atomic mass is 19.4. The zero-order valence-electron chi connectivity index (χ0n) is 16.9. The number of fused-ring (bicyclic) bond motifs is 3. The Labute approximate surface area is 183 Å². The van der Waals surface area contributed by atoms with Crippen LogP contribution in [-0.4, -0.2) is 22.6 Å². The van der Waals surface area contributed by atoms with E-state index in [1.54, 1.807) is 12.1 Å². The van der Waals surface area contributed by atoms with E-state index in [0.717, 1.165) is 28.2 Å². The number of carboxylic acid groups (broad SMARTS) is 1. The van der Waals surface area contributed by atoms with Crippen molar-refractivity contribution in [3.8, 4) is 5.75 Å². The van der Waals surface area contributed by atoms with E-state index in [1.807, 2.05) is 0 Å². The average molecular weight is 472 g/mol. The van der Waals surface area contributed by atoms with E-state index in [4.69, 9.17) is 9.84 Å². The van der Waals surface area contributed by atoms with Crippen LogP contribution in [0.5, 0.6) is 5.75 Å². The molecule has 0 radical (unpaired) electrons. The molecule has 0 saturated carbocycles. The minimum atomic E-state index is -4.98. The van der Waals surface area contributed by atoms with Crippen molar-refractivity contribution in [2.75, 3.05) is 6.54 Å². The third-order valence-corrected chi connectivity index (χ3v) is 5.54. The van der Waals surface area contributed by atoms with Crippen molar-refractivity contribution in [1.82, 2.24) is 10.3 Å².